The molecule has 0 spiro atoms. The quantitative estimate of drug-likeness (QED) is 0.415. The van der Waals surface area contributed by atoms with Gasteiger partial charge in [-0.1, -0.05) is 6.42 Å². The lowest BCUT2D eigenvalue weighted by Gasteiger charge is -2.42. The Morgan fingerprint density at radius 3 is 2.58 bits per heavy atom. The number of amides is 3. The first kappa shape index (κ1) is 17.6. The van der Waals surface area contributed by atoms with Gasteiger partial charge < -0.3 is 15.5 Å². The lowest BCUT2D eigenvalue weighted by Crippen LogP contribution is -2.56. The summed E-state index contributed by atoms with van der Waals surface area (Å²) in [5.74, 6) is 2.63. The maximum absolute atomic E-state index is 11.6. The summed E-state index contributed by atoms with van der Waals surface area (Å²) in [5, 5.41) is 5.84. The Morgan fingerprint density at radius 1 is 1.19 bits per heavy atom. The molecule has 4 fully saturated rings. The summed E-state index contributed by atoms with van der Waals surface area (Å²) in [7, 11) is 1.79. The van der Waals surface area contributed by atoms with Crippen LogP contribution >= 0.6 is 0 Å². The number of nitrogens with one attached hydrogen (secondary N) is 2. The molecule has 2 aliphatic carbocycles. The van der Waals surface area contributed by atoms with E-state index in [9.17, 15) is 9.59 Å². The van der Waals surface area contributed by atoms with Gasteiger partial charge in [-0.05, 0) is 31.1 Å². The van der Waals surface area contributed by atoms with Gasteiger partial charge in [0, 0.05) is 52.4 Å². The average molecular weight is 362 g/mol. The molecule has 3 atom stereocenters. The third-order valence-electron chi connectivity index (χ3n) is 6.55. The van der Waals surface area contributed by atoms with E-state index in [1.807, 2.05) is 0 Å². The summed E-state index contributed by atoms with van der Waals surface area (Å²) in [4.78, 5) is 33.8. The molecule has 3 unspecified atom stereocenters. The number of hydrogen-bond donors (Lipinski definition) is 2. The van der Waals surface area contributed by atoms with Gasteiger partial charge in [0.2, 0.25) is 5.91 Å². The smallest absolute Gasteiger partial charge is 0.324 e. The van der Waals surface area contributed by atoms with Crippen molar-refractivity contribution in [3.8, 4) is 0 Å². The first-order chi connectivity index (χ1) is 12.7. The highest BCUT2D eigenvalue weighted by Crippen LogP contribution is 2.46. The third-order valence-corrected chi connectivity index (χ3v) is 6.55. The van der Waals surface area contributed by atoms with Crippen molar-refractivity contribution in [3.63, 3.8) is 0 Å². The Morgan fingerprint density at radius 2 is 2.00 bits per heavy atom. The van der Waals surface area contributed by atoms with Gasteiger partial charge in [0.05, 0.1) is 6.54 Å². The second-order valence-electron chi connectivity index (χ2n) is 7.94. The Labute approximate surface area is 155 Å². The number of urea groups is 1. The highest BCUT2D eigenvalue weighted by molar-refractivity contribution is 6.01. The number of hydrogen-bond acceptors (Lipinski definition) is 4. The molecule has 2 N–H and O–H groups in total. The Bertz CT molecular complexity index is 570. The predicted octanol–water partition coefficient (Wildman–Crippen LogP) is -0.0802. The van der Waals surface area contributed by atoms with Crippen molar-refractivity contribution in [2.75, 3.05) is 52.9 Å². The summed E-state index contributed by atoms with van der Waals surface area (Å²) in [6, 6.07) is 0.511. The lowest BCUT2D eigenvalue weighted by molar-refractivity contribution is -0.124. The van der Waals surface area contributed by atoms with Gasteiger partial charge in [-0.2, -0.15) is 0 Å². The molecule has 2 heterocycles. The van der Waals surface area contributed by atoms with E-state index in [0.717, 1.165) is 50.0 Å². The standard InChI is InChI=1S/C18H30N6O2/c1-19-17(20-4-5-24-16(25)12-21-18(24)26)23-8-6-22(7-9-23)15-11-13-2-3-14(15)10-13/h13-15H,2-12H2,1H3,(H,19,20)(H,21,26). The van der Waals surface area contributed by atoms with Gasteiger partial charge in [0.1, 0.15) is 0 Å². The molecule has 0 radical (unpaired) electrons. The van der Waals surface area contributed by atoms with Crippen LogP contribution in [0.2, 0.25) is 0 Å². The van der Waals surface area contributed by atoms with E-state index in [0.29, 0.717) is 13.1 Å². The first-order valence-corrected chi connectivity index (χ1v) is 9.93. The van der Waals surface area contributed by atoms with E-state index in [4.69, 9.17) is 0 Å². The van der Waals surface area contributed by atoms with E-state index in [1.54, 1.807) is 7.05 Å². The fourth-order valence-electron chi connectivity index (χ4n) is 5.22. The minimum absolute atomic E-state index is 0.110. The first-order valence-electron chi connectivity index (χ1n) is 9.93. The van der Waals surface area contributed by atoms with Crippen LogP contribution in [0.5, 0.6) is 0 Å². The van der Waals surface area contributed by atoms with Crippen molar-refractivity contribution in [3.05, 3.63) is 0 Å². The number of fused-ring (bicyclic) bond motifs is 2. The van der Waals surface area contributed by atoms with Crippen LogP contribution in [0.4, 0.5) is 4.79 Å². The molecule has 2 saturated carbocycles. The second kappa shape index (κ2) is 7.42. The van der Waals surface area contributed by atoms with Crippen LogP contribution in [0.15, 0.2) is 4.99 Å². The molecule has 8 heteroatoms. The molecular weight excluding hydrogens is 332 g/mol. The SMILES string of the molecule is CN=C(NCCN1C(=O)CNC1=O)N1CCN(C2CC3CCC2C3)CC1. The number of nitrogens with zero attached hydrogens (tertiary/aromatic N) is 4. The summed E-state index contributed by atoms with van der Waals surface area (Å²) in [5.41, 5.74) is 0. The summed E-state index contributed by atoms with van der Waals surface area (Å²) < 4.78 is 0. The van der Waals surface area contributed by atoms with E-state index in [1.165, 1.54) is 30.6 Å². The maximum atomic E-state index is 11.6. The van der Waals surface area contributed by atoms with Crippen molar-refractivity contribution in [1.82, 2.24) is 25.3 Å². The molecule has 2 aliphatic heterocycles. The topological polar surface area (TPSA) is 80.3 Å². The molecule has 4 aliphatic rings. The maximum Gasteiger partial charge on any atom is 0.324 e. The average Bonchev–Trinajstić information content (AvgIpc) is 3.37. The molecule has 3 amide bonds. The zero-order chi connectivity index (χ0) is 18.1. The molecule has 8 nitrogen and oxygen atoms in total. The van der Waals surface area contributed by atoms with Crippen molar-refractivity contribution >= 4 is 17.9 Å². The zero-order valence-corrected chi connectivity index (χ0v) is 15.6. The minimum Gasteiger partial charge on any atom is -0.354 e. The normalized spacial score (nSPS) is 32.5. The molecule has 2 bridgehead atoms. The largest absolute Gasteiger partial charge is 0.354 e. The Kier molecular flexibility index (Phi) is 5.02. The summed E-state index contributed by atoms with van der Waals surface area (Å²) in [6.07, 6.45) is 5.75. The number of aliphatic imine (C=N–C) groups is 1. The van der Waals surface area contributed by atoms with E-state index < -0.39 is 0 Å². The van der Waals surface area contributed by atoms with Crippen molar-refractivity contribution in [1.29, 1.82) is 0 Å². The van der Waals surface area contributed by atoms with E-state index >= 15 is 0 Å². The van der Waals surface area contributed by atoms with Crippen LogP contribution in [-0.2, 0) is 4.79 Å². The number of rotatable bonds is 4. The van der Waals surface area contributed by atoms with Gasteiger partial charge in [-0.3, -0.25) is 19.6 Å². The number of imide groups is 1. The van der Waals surface area contributed by atoms with Gasteiger partial charge in [0.15, 0.2) is 5.96 Å². The van der Waals surface area contributed by atoms with Gasteiger partial charge in [-0.15, -0.1) is 0 Å². The third kappa shape index (κ3) is 3.39. The molecule has 0 aromatic heterocycles. The molecule has 0 aromatic carbocycles. The molecule has 26 heavy (non-hydrogen) atoms. The Hall–Kier alpha value is -1.83. The zero-order valence-electron chi connectivity index (χ0n) is 15.6. The number of guanidine groups is 1. The van der Waals surface area contributed by atoms with Gasteiger partial charge >= 0.3 is 6.03 Å². The van der Waals surface area contributed by atoms with Crippen LogP contribution in [0.1, 0.15) is 25.7 Å². The van der Waals surface area contributed by atoms with Gasteiger partial charge in [-0.25, -0.2) is 4.79 Å². The van der Waals surface area contributed by atoms with Crippen LogP contribution in [-0.4, -0.2) is 91.5 Å². The molecule has 2 saturated heterocycles. The van der Waals surface area contributed by atoms with Crippen molar-refractivity contribution in [2.24, 2.45) is 16.8 Å². The molecule has 4 rings (SSSR count). The molecule has 0 aromatic rings. The fraction of sp³-hybridized carbons (Fsp3) is 0.833. The van der Waals surface area contributed by atoms with E-state index in [-0.39, 0.29) is 18.5 Å². The van der Waals surface area contributed by atoms with E-state index in [2.05, 4.69) is 25.4 Å². The summed E-state index contributed by atoms with van der Waals surface area (Å²) in [6.45, 7) is 5.17. The fourth-order valence-corrected chi connectivity index (χ4v) is 5.22. The number of piperazine rings is 1. The minimum atomic E-state index is -0.300. The van der Waals surface area contributed by atoms with Crippen LogP contribution < -0.4 is 10.6 Å². The van der Waals surface area contributed by atoms with Crippen LogP contribution in [0, 0.1) is 11.8 Å². The molecule has 144 valence electrons. The highest BCUT2D eigenvalue weighted by atomic mass is 16.2. The van der Waals surface area contributed by atoms with Crippen LogP contribution in [0.25, 0.3) is 0 Å². The number of carbonyl (C=O) groups is 2. The van der Waals surface area contributed by atoms with Gasteiger partial charge in [0.25, 0.3) is 0 Å². The number of carbonyl (C=O) groups excluding carboxylic acids is 2. The van der Waals surface area contributed by atoms with Crippen molar-refractivity contribution in [2.45, 2.75) is 31.7 Å². The lowest BCUT2D eigenvalue weighted by atomic mass is 9.93. The van der Waals surface area contributed by atoms with Crippen molar-refractivity contribution < 1.29 is 9.59 Å². The Balaban J connectivity index is 1.22. The second-order valence-corrected chi connectivity index (χ2v) is 7.94. The van der Waals surface area contributed by atoms with Crippen LogP contribution in [0.3, 0.4) is 0 Å². The summed E-state index contributed by atoms with van der Waals surface area (Å²) >= 11 is 0. The predicted molar refractivity (Wildman–Crippen MR) is 98.9 cm³/mol. The monoisotopic (exact) mass is 362 g/mol. The molecular formula is C18H30N6O2. The highest BCUT2D eigenvalue weighted by Gasteiger charge is 2.42.